The molecule has 0 N–H and O–H groups in total. The van der Waals surface area contributed by atoms with Gasteiger partial charge in [-0.1, -0.05) is 74.4 Å². The summed E-state index contributed by atoms with van der Waals surface area (Å²) in [5.41, 5.74) is 5.60. The minimum Gasteiger partial charge on any atom is -0.416 e. The molecule has 0 saturated carbocycles. The van der Waals surface area contributed by atoms with E-state index >= 15 is 0 Å². The van der Waals surface area contributed by atoms with E-state index in [2.05, 4.69) is 65.7 Å². The number of benzene rings is 3. The van der Waals surface area contributed by atoms with Gasteiger partial charge in [-0.3, -0.25) is 0 Å². The van der Waals surface area contributed by atoms with Gasteiger partial charge in [0.05, 0.1) is 0 Å². The first-order chi connectivity index (χ1) is 13.8. The maximum absolute atomic E-state index is 5.92. The van der Waals surface area contributed by atoms with Crippen LogP contribution in [0, 0.1) is 0 Å². The molecule has 0 aliphatic heterocycles. The van der Waals surface area contributed by atoms with Crippen molar-refractivity contribution in [2.45, 2.75) is 32.6 Å². The quantitative estimate of drug-likeness (QED) is 0.337. The van der Waals surface area contributed by atoms with E-state index in [1.807, 2.05) is 30.3 Å². The van der Waals surface area contributed by atoms with E-state index < -0.39 is 0 Å². The number of unbranched alkanes of at least 4 members (excludes halogenated alkanes) is 2. The maximum Gasteiger partial charge on any atom is 0.248 e. The summed E-state index contributed by atoms with van der Waals surface area (Å²) in [7, 11) is 0. The van der Waals surface area contributed by atoms with Crippen molar-refractivity contribution in [2.75, 3.05) is 0 Å². The summed E-state index contributed by atoms with van der Waals surface area (Å²) in [6, 6.07) is 27.0. The zero-order valence-corrected chi connectivity index (χ0v) is 16.1. The number of nitrogens with zero attached hydrogens (tertiary/aromatic N) is 2. The largest absolute Gasteiger partial charge is 0.416 e. The molecular weight excluding hydrogens is 344 g/mol. The smallest absolute Gasteiger partial charge is 0.248 e. The first kappa shape index (κ1) is 18.2. The minimum atomic E-state index is 0.543. The molecule has 140 valence electrons. The second kappa shape index (κ2) is 8.66. The summed E-state index contributed by atoms with van der Waals surface area (Å²) >= 11 is 0. The Kier molecular flexibility index (Phi) is 5.62. The number of rotatable bonds is 7. The lowest BCUT2D eigenvalue weighted by atomic mass is 10.0. The van der Waals surface area contributed by atoms with Gasteiger partial charge in [-0.05, 0) is 53.8 Å². The van der Waals surface area contributed by atoms with E-state index in [1.54, 1.807) is 0 Å². The third-order valence-corrected chi connectivity index (χ3v) is 4.93. The number of aromatic nitrogens is 2. The predicted octanol–water partition coefficient (Wildman–Crippen LogP) is 6.80. The van der Waals surface area contributed by atoms with Crippen LogP contribution in [0.4, 0.5) is 0 Å². The van der Waals surface area contributed by atoms with Gasteiger partial charge < -0.3 is 4.42 Å². The predicted molar refractivity (Wildman–Crippen MR) is 114 cm³/mol. The Balaban J connectivity index is 1.48. The van der Waals surface area contributed by atoms with Crippen molar-refractivity contribution >= 4 is 0 Å². The molecule has 0 aliphatic carbocycles. The van der Waals surface area contributed by atoms with Gasteiger partial charge in [0.25, 0.3) is 0 Å². The lowest BCUT2D eigenvalue weighted by molar-refractivity contribution is 0.584. The molecule has 4 rings (SSSR count). The van der Waals surface area contributed by atoms with Gasteiger partial charge in [-0.2, -0.15) is 0 Å². The van der Waals surface area contributed by atoms with Gasteiger partial charge in [-0.25, -0.2) is 0 Å². The third kappa shape index (κ3) is 4.20. The highest BCUT2D eigenvalue weighted by molar-refractivity contribution is 5.67. The number of hydrogen-bond donors (Lipinski definition) is 0. The van der Waals surface area contributed by atoms with E-state index in [0.29, 0.717) is 11.8 Å². The summed E-state index contributed by atoms with van der Waals surface area (Å²) in [6.45, 7) is 2.23. The zero-order valence-electron chi connectivity index (χ0n) is 16.1. The molecule has 0 aliphatic rings. The fraction of sp³-hybridized carbons (Fsp3) is 0.200. The molecule has 0 fully saturated rings. The molecular formula is C25H24N2O. The van der Waals surface area contributed by atoms with Crippen LogP contribution in [0.2, 0.25) is 0 Å². The molecule has 3 nitrogen and oxygen atoms in total. The number of aryl methyl sites for hydroxylation is 1. The average molecular weight is 368 g/mol. The lowest BCUT2D eigenvalue weighted by Crippen LogP contribution is -1.86. The monoisotopic (exact) mass is 368 g/mol. The molecule has 0 saturated heterocycles. The Morgan fingerprint density at radius 2 is 1.14 bits per heavy atom. The molecule has 3 heteroatoms. The Bertz CT molecular complexity index is 1000. The molecule has 0 radical (unpaired) electrons. The van der Waals surface area contributed by atoms with Crippen LogP contribution < -0.4 is 0 Å². The van der Waals surface area contributed by atoms with Crippen LogP contribution in [0.5, 0.6) is 0 Å². The molecule has 0 unspecified atom stereocenters. The zero-order chi connectivity index (χ0) is 19.2. The molecule has 1 heterocycles. The Labute approximate surface area is 166 Å². The van der Waals surface area contributed by atoms with E-state index in [-0.39, 0.29) is 0 Å². The molecule has 0 bridgehead atoms. The van der Waals surface area contributed by atoms with E-state index in [4.69, 9.17) is 4.42 Å². The van der Waals surface area contributed by atoms with Crippen molar-refractivity contribution in [1.82, 2.24) is 10.2 Å². The third-order valence-electron chi connectivity index (χ3n) is 4.93. The van der Waals surface area contributed by atoms with Crippen molar-refractivity contribution in [2.24, 2.45) is 0 Å². The fourth-order valence-corrected chi connectivity index (χ4v) is 3.29. The van der Waals surface area contributed by atoms with Crippen LogP contribution in [0.3, 0.4) is 0 Å². The Morgan fingerprint density at radius 1 is 0.607 bits per heavy atom. The van der Waals surface area contributed by atoms with E-state index in [0.717, 1.165) is 17.5 Å². The lowest BCUT2D eigenvalue weighted by Gasteiger charge is -2.02. The van der Waals surface area contributed by atoms with Gasteiger partial charge >= 0.3 is 0 Å². The highest BCUT2D eigenvalue weighted by Crippen LogP contribution is 2.27. The van der Waals surface area contributed by atoms with Crippen molar-refractivity contribution < 1.29 is 4.42 Å². The molecule has 0 atom stereocenters. The summed E-state index contributed by atoms with van der Waals surface area (Å²) < 4.78 is 5.92. The molecule has 3 aromatic carbocycles. The molecule has 0 amide bonds. The SMILES string of the molecule is CCCCCc1ccc(-c2nnc(-c3ccc(-c4ccccc4)cc3)o2)cc1. The van der Waals surface area contributed by atoms with Crippen molar-refractivity contribution in [1.29, 1.82) is 0 Å². The molecule has 4 aromatic rings. The van der Waals surface area contributed by atoms with Gasteiger partial charge in [-0.15, -0.1) is 10.2 Å². The van der Waals surface area contributed by atoms with Crippen LogP contribution in [0.25, 0.3) is 34.0 Å². The average Bonchev–Trinajstić information content (AvgIpc) is 3.25. The van der Waals surface area contributed by atoms with E-state index in [1.165, 1.54) is 36.0 Å². The maximum atomic E-state index is 5.92. The van der Waals surface area contributed by atoms with Crippen LogP contribution in [-0.2, 0) is 6.42 Å². The highest BCUT2D eigenvalue weighted by Gasteiger charge is 2.11. The van der Waals surface area contributed by atoms with Crippen LogP contribution >= 0.6 is 0 Å². The molecule has 1 aromatic heterocycles. The first-order valence-corrected chi connectivity index (χ1v) is 9.92. The van der Waals surface area contributed by atoms with Crippen LogP contribution in [-0.4, -0.2) is 10.2 Å². The normalized spacial score (nSPS) is 10.9. The summed E-state index contributed by atoms with van der Waals surface area (Å²) in [5.74, 6) is 1.10. The van der Waals surface area contributed by atoms with Crippen molar-refractivity contribution in [3.8, 4) is 34.0 Å². The second-order valence-electron chi connectivity index (χ2n) is 7.01. The molecule has 0 spiro atoms. The topological polar surface area (TPSA) is 38.9 Å². The fourth-order valence-electron chi connectivity index (χ4n) is 3.29. The van der Waals surface area contributed by atoms with Gasteiger partial charge in [0.15, 0.2) is 0 Å². The number of hydrogen-bond acceptors (Lipinski definition) is 3. The van der Waals surface area contributed by atoms with Crippen LogP contribution in [0.15, 0.2) is 83.3 Å². The van der Waals surface area contributed by atoms with Crippen LogP contribution in [0.1, 0.15) is 31.7 Å². The van der Waals surface area contributed by atoms with Gasteiger partial charge in [0.1, 0.15) is 0 Å². The highest BCUT2D eigenvalue weighted by atomic mass is 16.4. The van der Waals surface area contributed by atoms with Gasteiger partial charge in [0.2, 0.25) is 11.8 Å². The Hall–Kier alpha value is -3.20. The van der Waals surface area contributed by atoms with Gasteiger partial charge in [0, 0.05) is 11.1 Å². The Morgan fingerprint density at radius 3 is 1.75 bits per heavy atom. The standard InChI is InChI=1S/C25H24N2O/c1-2-3-5-8-19-11-13-22(14-12-19)24-26-27-25(28-24)23-17-15-21(16-18-23)20-9-6-4-7-10-20/h4,6-7,9-18H,2-3,5,8H2,1H3. The summed E-state index contributed by atoms with van der Waals surface area (Å²) in [5, 5.41) is 8.46. The summed E-state index contributed by atoms with van der Waals surface area (Å²) in [4.78, 5) is 0. The molecule has 28 heavy (non-hydrogen) atoms. The van der Waals surface area contributed by atoms with E-state index in [9.17, 15) is 0 Å². The summed E-state index contributed by atoms with van der Waals surface area (Å²) in [6.07, 6.45) is 4.88. The second-order valence-corrected chi connectivity index (χ2v) is 7.01. The van der Waals surface area contributed by atoms with Crippen molar-refractivity contribution in [3.05, 3.63) is 84.4 Å². The first-order valence-electron chi connectivity index (χ1n) is 9.92. The van der Waals surface area contributed by atoms with Crippen molar-refractivity contribution in [3.63, 3.8) is 0 Å². The minimum absolute atomic E-state index is 0.543.